The van der Waals surface area contributed by atoms with Crippen LogP contribution in [0.4, 0.5) is 0 Å². The average molecular weight is 394 g/mol. The molecule has 22 heavy (non-hydrogen) atoms. The second-order valence-electron chi connectivity index (χ2n) is 4.92. The maximum atomic E-state index is 12.9. The lowest BCUT2D eigenvalue weighted by Gasteiger charge is -2.10. The molecule has 0 bridgehead atoms. The molecule has 0 saturated heterocycles. The van der Waals surface area contributed by atoms with Gasteiger partial charge < -0.3 is 0 Å². The Balaban J connectivity index is 2.19. The Bertz CT molecular complexity index is 846. The zero-order valence-corrected chi connectivity index (χ0v) is 14.5. The molecule has 4 heteroatoms. The molecule has 0 aliphatic carbocycles. The third-order valence-corrected chi connectivity index (χ3v) is 4.76. The van der Waals surface area contributed by atoms with Crippen LogP contribution in [0.5, 0.6) is 0 Å². The molecule has 3 aromatic rings. The maximum Gasteiger partial charge on any atom is 0.196 e. The number of ketones is 1. The molecule has 0 aromatic heterocycles. The number of carbonyl (C=O) groups is 1. The fourth-order valence-electron chi connectivity index (χ4n) is 2.48. The number of hydrogen-bond donors (Lipinski definition) is 0. The molecule has 0 aliphatic rings. The standard InChI is InChI=1S/C18H11BrCl2O/c19-10-11-8-15(20)17(16(21)9-11)18(22)14-7-3-5-12-4-1-2-6-13(12)14/h1-9H,10H2. The third kappa shape index (κ3) is 2.79. The molecule has 0 fully saturated rings. The molecule has 0 aliphatic heterocycles. The fraction of sp³-hybridized carbons (Fsp3) is 0.0556. The summed E-state index contributed by atoms with van der Waals surface area (Å²) in [6, 6.07) is 16.9. The Morgan fingerprint density at radius 1 is 0.955 bits per heavy atom. The van der Waals surface area contributed by atoms with Gasteiger partial charge in [0.1, 0.15) is 0 Å². The Labute approximate surface area is 147 Å². The molecule has 0 radical (unpaired) electrons. The van der Waals surface area contributed by atoms with E-state index in [-0.39, 0.29) is 5.78 Å². The second kappa shape index (κ2) is 6.41. The van der Waals surface area contributed by atoms with Crippen molar-refractivity contribution in [3.8, 4) is 0 Å². The van der Waals surface area contributed by atoms with Crippen LogP contribution in [-0.4, -0.2) is 5.78 Å². The van der Waals surface area contributed by atoms with Crippen LogP contribution in [0.2, 0.25) is 10.0 Å². The summed E-state index contributed by atoms with van der Waals surface area (Å²) in [5.74, 6) is -0.159. The van der Waals surface area contributed by atoms with Gasteiger partial charge >= 0.3 is 0 Å². The van der Waals surface area contributed by atoms with E-state index in [0.717, 1.165) is 16.3 Å². The van der Waals surface area contributed by atoms with Gasteiger partial charge in [-0.05, 0) is 28.5 Å². The highest BCUT2D eigenvalue weighted by molar-refractivity contribution is 9.08. The number of fused-ring (bicyclic) bond motifs is 1. The average Bonchev–Trinajstić information content (AvgIpc) is 2.53. The normalized spacial score (nSPS) is 10.9. The van der Waals surface area contributed by atoms with Gasteiger partial charge in [0.15, 0.2) is 5.78 Å². The zero-order chi connectivity index (χ0) is 15.7. The molecule has 0 N–H and O–H groups in total. The number of benzene rings is 3. The molecular weight excluding hydrogens is 383 g/mol. The first-order valence-electron chi connectivity index (χ1n) is 6.68. The van der Waals surface area contributed by atoms with Crippen molar-refractivity contribution in [2.24, 2.45) is 0 Å². The lowest BCUT2D eigenvalue weighted by Crippen LogP contribution is -2.04. The van der Waals surface area contributed by atoms with Gasteiger partial charge in [-0.15, -0.1) is 0 Å². The molecule has 3 aromatic carbocycles. The van der Waals surface area contributed by atoms with Crippen molar-refractivity contribution in [2.75, 3.05) is 0 Å². The Hall–Kier alpha value is -1.35. The fourth-order valence-corrected chi connectivity index (χ4v) is 3.51. The molecule has 0 atom stereocenters. The van der Waals surface area contributed by atoms with Crippen LogP contribution in [-0.2, 0) is 5.33 Å². The van der Waals surface area contributed by atoms with Gasteiger partial charge in [-0.2, -0.15) is 0 Å². The first kappa shape index (κ1) is 15.5. The van der Waals surface area contributed by atoms with E-state index >= 15 is 0 Å². The molecule has 3 rings (SSSR count). The predicted octanol–water partition coefficient (Wildman–Crippen LogP) is 6.27. The first-order valence-corrected chi connectivity index (χ1v) is 8.56. The smallest absolute Gasteiger partial charge is 0.196 e. The number of hydrogen-bond acceptors (Lipinski definition) is 1. The molecule has 0 saturated carbocycles. The zero-order valence-electron chi connectivity index (χ0n) is 11.4. The monoisotopic (exact) mass is 392 g/mol. The van der Waals surface area contributed by atoms with E-state index < -0.39 is 0 Å². The summed E-state index contributed by atoms with van der Waals surface area (Å²) < 4.78 is 0. The van der Waals surface area contributed by atoms with Crippen molar-refractivity contribution in [3.63, 3.8) is 0 Å². The van der Waals surface area contributed by atoms with Gasteiger partial charge in [0.05, 0.1) is 15.6 Å². The molecule has 0 spiro atoms. The summed E-state index contributed by atoms with van der Waals surface area (Å²) >= 11 is 15.9. The van der Waals surface area contributed by atoms with Crippen LogP contribution in [0.25, 0.3) is 10.8 Å². The number of rotatable bonds is 3. The van der Waals surface area contributed by atoms with Gasteiger partial charge in [0, 0.05) is 10.9 Å². The van der Waals surface area contributed by atoms with Crippen molar-refractivity contribution in [1.29, 1.82) is 0 Å². The summed E-state index contributed by atoms with van der Waals surface area (Å²) in [6.07, 6.45) is 0. The number of carbonyl (C=O) groups excluding carboxylic acids is 1. The van der Waals surface area contributed by atoms with Crippen molar-refractivity contribution >= 4 is 55.7 Å². The van der Waals surface area contributed by atoms with E-state index in [2.05, 4.69) is 15.9 Å². The van der Waals surface area contributed by atoms with Gasteiger partial charge in [0.2, 0.25) is 0 Å². The van der Waals surface area contributed by atoms with Gasteiger partial charge in [-0.3, -0.25) is 4.79 Å². The molecule has 0 heterocycles. The SMILES string of the molecule is O=C(c1c(Cl)cc(CBr)cc1Cl)c1cccc2ccccc12. The summed E-state index contributed by atoms with van der Waals surface area (Å²) in [4.78, 5) is 12.9. The van der Waals surface area contributed by atoms with E-state index in [9.17, 15) is 4.79 Å². The van der Waals surface area contributed by atoms with Crippen molar-refractivity contribution in [2.45, 2.75) is 5.33 Å². The van der Waals surface area contributed by atoms with Crippen LogP contribution in [0.15, 0.2) is 54.6 Å². The highest BCUT2D eigenvalue weighted by atomic mass is 79.9. The van der Waals surface area contributed by atoms with Crippen molar-refractivity contribution in [3.05, 3.63) is 81.3 Å². The molecule has 110 valence electrons. The Morgan fingerprint density at radius 2 is 1.59 bits per heavy atom. The minimum atomic E-state index is -0.159. The summed E-state index contributed by atoms with van der Waals surface area (Å²) in [5.41, 5.74) is 1.89. The van der Waals surface area contributed by atoms with Gasteiger partial charge in [-0.25, -0.2) is 0 Å². The lowest BCUT2D eigenvalue weighted by atomic mass is 9.96. The molecule has 0 unspecified atom stereocenters. The van der Waals surface area contributed by atoms with Crippen LogP contribution in [0.3, 0.4) is 0 Å². The second-order valence-corrected chi connectivity index (χ2v) is 6.30. The molecule has 0 amide bonds. The van der Waals surface area contributed by atoms with E-state index in [1.165, 1.54) is 0 Å². The van der Waals surface area contributed by atoms with Crippen LogP contribution in [0, 0.1) is 0 Å². The van der Waals surface area contributed by atoms with Crippen LogP contribution in [0.1, 0.15) is 21.5 Å². The maximum absolute atomic E-state index is 12.9. The molecule has 1 nitrogen and oxygen atoms in total. The van der Waals surface area contributed by atoms with E-state index in [4.69, 9.17) is 23.2 Å². The Kier molecular flexibility index (Phi) is 4.53. The third-order valence-electron chi connectivity index (χ3n) is 3.52. The van der Waals surface area contributed by atoms with E-state index in [1.807, 2.05) is 36.4 Å². The summed E-state index contributed by atoms with van der Waals surface area (Å²) in [6.45, 7) is 0. The minimum Gasteiger partial charge on any atom is -0.288 e. The van der Waals surface area contributed by atoms with Crippen LogP contribution >= 0.6 is 39.1 Å². The van der Waals surface area contributed by atoms with E-state index in [1.54, 1.807) is 18.2 Å². The largest absolute Gasteiger partial charge is 0.288 e. The van der Waals surface area contributed by atoms with Crippen molar-refractivity contribution < 1.29 is 4.79 Å². The quantitative estimate of drug-likeness (QED) is 0.378. The summed E-state index contributed by atoms with van der Waals surface area (Å²) in [7, 11) is 0. The first-order chi connectivity index (χ1) is 10.6. The van der Waals surface area contributed by atoms with Gasteiger partial charge in [-0.1, -0.05) is 81.6 Å². The number of halogens is 3. The molecular formula is C18H11BrCl2O. The topological polar surface area (TPSA) is 17.1 Å². The van der Waals surface area contributed by atoms with E-state index in [0.29, 0.717) is 26.5 Å². The minimum absolute atomic E-state index is 0.159. The van der Waals surface area contributed by atoms with Crippen LogP contribution < -0.4 is 0 Å². The Morgan fingerprint density at radius 3 is 2.27 bits per heavy atom. The summed E-state index contributed by atoms with van der Waals surface area (Å²) in [5, 5.41) is 3.29. The number of alkyl halides is 1. The van der Waals surface area contributed by atoms with Crippen molar-refractivity contribution in [1.82, 2.24) is 0 Å². The highest BCUT2D eigenvalue weighted by Gasteiger charge is 2.19. The highest BCUT2D eigenvalue weighted by Crippen LogP contribution is 2.31. The van der Waals surface area contributed by atoms with Gasteiger partial charge in [0.25, 0.3) is 0 Å². The predicted molar refractivity (Wildman–Crippen MR) is 96.5 cm³/mol. The lowest BCUT2D eigenvalue weighted by molar-refractivity contribution is 0.104.